The third-order valence-corrected chi connectivity index (χ3v) is 5.49. The number of fused-ring (bicyclic) bond motifs is 1. The molecule has 0 aromatic rings. The molecule has 5 atom stereocenters. The number of halogens is 2. The summed E-state index contributed by atoms with van der Waals surface area (Å²) in [5.74, 6) is -5.47. The zero-order chi connectivity index (χ0) is 13.7. The van der Waals surface area contributed by atoms with E-state index in [4.69, 9.17) is 10.8 Å². The first-order valence-corrected chi connectivity index (χ1v) is 6.57. The lowest BCUT2D eigenvalue weighted by Gasteiger charge is -2.65. The predicted octanol–water partition coefficient (Wildman–Crippen LogP) is 2.35. The molecular weight excluding hydrogens is 240 g/mol. The van der Waals surface area contributed by atoms with Crippen LogP contribution < -0.4 is 5.73 Å². The fourth-order valence-corrected chi connectivity index (χ4v) is 4.28. The first-order valence-electron chi connectivity index (χ1n) is 6.57. The number of aliphatic carboxylic acids is 1. The number of nitrogens with two attached hydrogens (primary N) is 1. The molecule has 0 aromatic carbocycles. The maximum absolute atomic E-state index is 14.2. The Morgan fingerprint density at radius 3 is 2.50 bits per heavy atom. The average molecular weight is 261 g/mol. The third-order valence-electron chi connectivity index (χ3n) is 5.49. The SMILES string of the molecule is C[C@@H]1CC[C@H]2[C@H]([C@@H](C)[C@@]2(CN)CC(=O)O)C1(F)F. The van der Waals surface area contributed by atoms with Gasteiger partial charge in [-0.25, -0.2) is 8.78 Å². The van der Waals surface area contributed by atoms with Gasteiger partial charge in [0.05, 0.1) is 6.42 Å². The topological polar surface area (TPSA) is 63.3 Å². The van der Waals surface area contributed by atoms with Crippen molar-refractivity contribution >= 4 is 5.97 Å². The maximum Gasteiger partial charge on any atom is 0.303 e. The minimum atomic E-state index is -2.68. The molecule has 2 aliphatic rings. The highest BCUT2D eigenvalue weighted by Gasteiger charge is 2.69. The highest BCUT2D eigenvalue weighted by Crippen LogP contribution is 2.67. The van der Waals surface area contributed by atoms with Crippen LogP contribution in [0.3, 0.4) is 0 Å². The largest absolute Gasteiger partial charge is 0.481 e. The molecule has 0 spiro atoms. The Bertz CT molecular complexity index is 361. The summed E-state index contributed by atoms with van der Waals surface area (Å²) in [4.78, 5) is 11.0. The summed E-state index contributed by atoms with van der Waals surface area (Å²) in [5.41, 5.74) is 5.10. The van der Waals surface area contributed by atoms with Crippen molar-refractivity contribution in [2.24, 2.45) is 34.8 Å². The second-order valence-corrected chi connectivity index (χ2v) is 6.08. The lowest BCUT2D eigenvalue weighted by atomic mass is 9.41. The van der Waals surface area contributed by atoms with Gasteiger partial charge in [0.1, 0.15) is 0 Å². The number of alkyl halides is 2. The van der Waals surface area contributed by atoms with Crippen LogP contribution in [0.25, 0.3) is 0 Å². The van der Waals surface area contributed by atoms with E-state index in [9.17, 15) is 13.6 Å². The molecule has 18 heavy (non-hydrogen) atoms. The van der Waals surface area contributed by atoms with Gasteiger partial charge in [-0.15, -0.1) is 0 Å². The van der Waals surface area contributed by atoms with Crippen LogP contribution in [0.15, 0.2) is 0 Å². The van der Waals surface area contributed by atoms with E-state index >= 15 is 0 Å². The number of hydrogen-bond acceptors (Lipinski definition) is 2. The summed E-state index contributed by atoms with van der Waals surface area (Å²) in [7, 11) is 0. The number of carboxylic acid groups (broad SMARTS) is 1. The van der Waals surface area contributed by atoms with Gasteiger partial charge in [-0.2, -0.15) is 0 Å². The summed E-state index contributed by atoms with van der Waals surface area (Å²) in [5, 5.41) is 8.99. The fraction of sp³-hybridized carbons (Fsp3) is 0.923. The van der Waals surface area contributed by atoms with E-state index in [1.54, 1.807) is 13.8 Å². The summed E-state index contributed by atoms with van der Waals surface area (Å²) < 4.78 is 28.3. The van der Waals surface area contributed by atoms with E-state index in [1.807, 2.05) is 0 Å². The van der Waals surface area contributed by atoms with E-state index < -0.39 is 29.1 Å². The van der Waals surface area contributed by atoms with Crippen molar-refractivity contribution in [1.82, 2.24) is 0 Å². The van der Waals surface area contributed by atoms with Crippen molar-refractivity contribution in [3.63, 3.8) is 0 Å². The Balaban J connectivity index is 2.27. The third kappa shape index (κ3) is 1.59. The molecule has 2 saturated carbocycles. The average Bonchev–Trinajstić information content (AvgIpc) is 2.28. The van der Waals surface area contributed by atoms with Gasteiger partial charge in [-0.1, -0.05) is 13.8 Å². The van der Waals surface area contributed by atoms with Crippen LogP contribution in [0.2, 0.25) is 0 Å². The molecule has 5 heteroatoms. The quantitative estimate of drug-likeness (QED) is 0.819. The molecule has 3 nitrogen and oxygen atoms in total. The van der Waals surface area contributed by atoms with E-state index in [-0.39, 0.29) is 24.8 Å². The van der Waals surface area contributed by atoms with Crippen LogP contribution in [0.4, 0.5) is 8.78 Å². The molecule has 0 unspecified atom stereocenters. The first-order chi connectivity index (χ1) is 8.27. The van der Waals surface area contributed by atoms with Gasteiger partial charge in [0, 0.05) is 11.8 Å². The van der Waals surface area contributed by atoms with Crippen molar-refractivity contribution < 1.29 is 18.7 Å². The molecule has 0 aliphatic heterocycles. The first kappa shape index (κ1) is 13.7. The van der Waals surface area contributed by atoms with Gasteiger partial charge in [-0.05, 0) is 36.6 Å². The molecule has 104 valence electrons. The molecule has 0 bridgehead atoms. The normalized spacial score (nSPS) is 46.1. The maximum atomic E-state index is 14.2. The van der Waals surface area contributed by atoms with Crippen molar-refractivity contribution in [2.75, 3.05) is 6.54 Å². The van der Waals surface area contributed by atoms with Crippen molar-refractivity contribution in [3.8, 4) is 0 Å². The van der Waals surface area contributed by atoms with Crippen molar-refractivity contribution in [3.05, 3.63) is 0 Å². The molecule has 0 heterocycles. The number of hydrogen-bond donors (Lipinski definition) is 2. The Morgan fingerprint density at radius 1 is 1.39 bits per heavy atom. The molecular formula is C13H21F2NO2. The van der Waals surface area contributed by atoms with Gasteiger partial charge in [0.15, 0.2) is 0 Å². The molecule has 0 radical (unpaired) electrons. The zero-order valence-corrected chi connectivity index (χ0v) is 10.8. The van der Waals surface area contributed by atoms with Gasteiger partial charge in [-0.3, -0.25) is 4.79 Å². The number of carbonyl (C=O) groups is 1. The predicted molar refractivity (Wildman–Crippen MR) is 63.2 cm³/mol. The minimum absolute atomic E-state index is 0.0870. The summed E-state index contributed by atoms with van der Waals surface area (Å²) in [6, 6.07) is 0. The molecule has 2 rings (SSSR count). The monoisotopic (exact) mass is 261 g/mol. The van der Waals surface area contributed by atoms with E-state index in [0.29, 0.717) is 12.8 Å². The van der Waals surface area contributed by atoms with Gasteiger partial charge < -0.3 is 10.8 Å². The van der Waals surface area contributed by atoms with Gasteiger partial charge in [0.2, 0.25) is 0 Å². The van der Waals surface area contributed by atoms with Crippen molar-refractivity contribution in [2.45, 2.75) is 39.0 Å². The van der Waals surface area contributed by atoms with E-state index in [0.717, 1.165) is 0 Å². The summed E-state index contributed by atoms with van der Waals surface area (Å²) >= 11 is 0. The molecule has 2 aliphatic carbocycles. The van der Waals surface area contributed by atoms with Crippen LogP contribution in [0.5, 0.6) is 0 Å². The highest BCUT2D eigenvalue weighted by molar-refractivity contribution is 5.68. The Hall–Kier alpha value is -0.710. The van der Waals surface area contributed by atoms with Gasteiger partial charge >= 0.3 is 5.97 Å². The minimum Gasteiger partial charge on any atom is -0.481 e. The standard InChI is InChI=1S/C13H21F2NO2/c1-7-3-4-9-11(13(7,14)15)8(2)12(9,6-16)5-10(17)18/h7-9,11H,3-6,16H2,1-2H3,(H,17,18)/t7-,8-,9+,11+,12+/m1/s1. The zero-order valence-electron chi connectivity index (χ0n) is 10.8. The number of rotatable bonds is 3. The molecule has 0 amide bonds. The van der Waals surface area contributed by atoms with Crippen LogP contribution in [0.1, 0.15) is 33.1 Å². The Kier molecular flexibility index (Phi) is 3.16. The van der Waals surface area contributed by atoms with Crippen LogP contribution in [0, 0.1) is 29.1 Å². The summed E-state index contributed by atoms with van der Waals surface area (Å²) in [6.07, 6.45) is 1.05. The van der Waals surface area contributed by atoms with E-state index in [1.165, 1.54) is 0 Å². The molecule has 2 fully saturated rings. The van der Waals surface area contributed by atoms with Crippen molar-refractivity contribution in [1.29, 1.82) is 0 Å². The lowest BCUT2D eigenvalue weighted by molar-refractivity contribution is -0.267. The number of carboxylic acids is 1. The molecule has 0 aromatic heterocycles. The Labute approximate surface area is 106 Å². The molecule has 0 saturated heterocycles. The fourth-order valence-electron chi connectivity index (χ4n) is 4.28. The summed E-state index contributed by atoms with van der Waals surface area (Å²) in [6.45, 7) is 3.51. The second kappa shape index (κ2) is 4.15. The van der Waals surface area contributed by atoms with Crippen LogP contribution in [-0.2, 0) is 4.79 Å². The van der Waals surface area contributed by atoms with E-state index in [2.05, 4.69) is 0 Å². The molecule has 3 N–H and O–H groups in total. The van der Waals surface area contributed by atoms with Crippen LogP contribution >= 0.6 is 0 Å². The highest BCUT2D eigenvalue weighted by atomic mass is 19.3. The Morgan fingerprint density at radius 2 is 2.00 bits per heavy atom. The smallest absolute Gasteiger partial charge is 0.303 e. The van der Waals surface area contributed by atoms with Gasteiger partial charge in [0.25, 0.3) is 5.92 Å². The van der Waals surface area contributed by atoms with Crippen LogP contribution in [-0.4, -0.2) is 23.5 Å². The lowest BCUT2D eigenvalue weighted by Crippen LogP contribution is -2.67. The second-order valence-electron chi connectivity index (χ2n) is 6.08.